The van der Waals surface area contributed by atoms with Crippen molar-refractivity contribution in [3.05, 3.63) is 35.1 Å². The molecule has 0 aliphatic heterocycles. The van der Waals surface area contributed by atoms with E-state index in [-0.39, 0.29) is 16.9 Å². The van der Waals surface area contributed by atoms with Gasteiger partial charge in [0.2, 0.25) is 0 Å². The highest BCUT2D eigenvalue weighted by Gasteiger charge is 2.19. The summed E-state index contributed by atoms with van der Waals surface area (Å²) in [7, 11) is 0. The highest BCUT2D eigenvalue weighted by molar-refractivity contribution is 5.94. The molecular formula is C19H28FNO. The van der Waals surface area contributed by atoms with Crippen LogP contribution in [0.25, 0.3) is 0 Å². The van der Waals surface area contributed by atoms with E-state index in [1.807, 2.05) is 26.8 Å². The Morgan fingerprint density at radius 2 is 1.91 bits per heavy atom. The molecule has 0 aromatic heterocycles. The summed E-state index contributed by atoms with van der Waals surface area (Å²) in [6.45, 7) is 6.74. The minimum absolute atomic E-state index is 0.114. The number of carbonyl (C=O) groups is 1. The third kappa shape index (κ3) is 4.56. The topological polar surface area (TPSA) is 29.1 Å². The Hall–Kier alpha value is -1.38. The molecule has 122 valence electrons. The lowest BCUT2D eigenvalue weighted by Crippen LogP contribution is -2.27. The fraction of sp³-hybridized carbons (Fsp3) is 0.632. The summed E-state index contributed by atoms with van der Waals surface area (Å²) in [6.07, 6.45) is 7.50. The number of amides is 1. The maximum Gasteiger partial charge on any atom is 0.254 e. The molecule has 1 amide bonds. The average Bonchev–Trinajstić information content (AvgIpc) is 2.47. The monoisotopic (exact) mass is 305 g/mol. The first-order chi connectivity index (χ1) is 10.4. The lowest BCUT2D eigenvalue weighted by atomic mass is 9.86. The van der Waals surface area contributed by atoms with Gasteiger partial charge in [-0.25, -0.2) is 4.39 Å². The van der Waals surface area contributed by atoms with Crippen molar-refractivity contribution in [1.29, 1.82) is 0 Å². The lowest BCUT2D eigenvalue weighted by molar-refractivity contribution is 0.0946. The van der Waals surface area contributed by atoms with Gasteiger partial charge in [0.1, 0.15) is 5.82 Å². The Balaban J connectivity index is 1.89. The molecule has 1 aromatic carbocycles. The van der Waals surface area contributed by atoms with E-state index in [0.29, 0.717) is 6.54 Å². The fourth-order valence-electron chi connectivity index (χ4n) is 3.13. The fourth-order valence-corrected chi connectivity index (χ4v) is 3.13. The highest BCUT2D eigenvalue weighted by atomic mass is 19.1. The number of hydrogen-bond acceptors (Lipinski definition) is 1. The van der Waals surface area contributed by atoms with Crippen LogP contribution in [-0.2, 0) is 5.41 Å². The van der Waals surface area contributed by atoms with Gasteiger partial charge in [-0.05, 0) is 35.4 Å². The Kier molecular flexibility index (Phi) is 5.60. The van der Waals surface area contributed by atoms with E-state index >= 15 is 0 Å². The number of hydrogen-bond donors (Lipinski definition) is 1. The van der Waals surface area contributed by atoms with E-state index in [4.69, 9.17) is 0 Å². The van der Waals surface area contributed by atoms with Crippen LogP contribution in [0.15, 0.2) is 18.2 Å². The van der Waals surface area contributed by atoms with Crippen LogP contribution in [0.2, 0.25) is 0 Å². The van der Waals surface area contributed by atoms with E-state index < -0.39 is 5.82 Å². The first kappa shape index (κ1) is 17.0. The second-order valence-electron chi connectivity index (χ2n) is 7.49. The largest absolute Gasteiger partial charge is 0.352 e. The van der Waals surface area contributed by atoms with Crippen molar-refractivity contribution < 1.29 is 9.18 Å². The van der Waals surface area contributed by atoms with Gasteiger partial charge in [-0.1, -0.05) is 58.9 Å². The molecule has 0 bridgehead atoms. The Morgan fingerprint density at radius 1 is 1.23 bits per heavy atom. The lowest BCUT2D eigenvalue weighted by Gasteiger charge is -2.21. The predicted octanol–water partition coefficient (Wildman–Crippen LogP) is 4.82. The van der Waals surface area contributed by atoms with Gasteiger partial charge in [-0.3, -0.25) is 4.79 Å². The van der Waals surface area contributed by atoms with Crippen molar-refractivity contribution in [2.45, 2.75) is 64.7 Å². The van der Waals surface area contributed by atoms with E-state index in [0.717, 1.165) is 17.9 Å². The van der Waals surface area contributed by atoms with Gasteiger partial charge in [-0.2, -0.15) is 0 Å². The molecular weight excluding hydrogens is 277 g/mol. The van der Waals surface area contributed by atoms with Crippen LogP contribution >= 0.6 is 0 Å². The molecule has 2 nitrogen and oxygen atoms in total. The minimum atomic E-state index is -0.428. The highest BCUT2D eigenvalue weighted by Crippen LogP contribution is 2.26. The SMILES string of the molecule is CC(C)(C)c1ccc(C(=O)NCCC2CCCCC2)c(F)c1. The first-order valence-electron chi connectivity index (χ1n) is 8.46. The van der Waals surface area contributed by atoms with E-state index in [1.165, 1.54) is 38.2 Å². The maximum absolute atomic E-state index is 14.2. The molecule has 22 heavy (non-hydrogen) atoms. The summed E-state index contributed by atoms with van der Waals surface area (Å²) >= 11 is 0. The normalized spacial score (nSPS) is 16.5. The molecule has 1 aliphatic rings. The van der Waals surface area contributed by atoms with E-state index in [2.05, 4.69) is 5.32 Å². The molecule has 1 N–H and O–H groups in total. The maximum atomic E-state index is 14.2. The van der Waals surface area contributed by atoms with Crippen LogP contribution < -0.4 is 5.32 Å². The second-order valence-corrected chi connectivity index (χ2v) is 7.49. The van der Waals surface area contributed by atoms with Crippen molar-refractivity contribution in [3.63, 3.8) is 0 Å². The molecule has 0 atom stereocenters. The van der Waals surface area contributed by atoms with Crippen molar-refractivity contribution >= 4 is 5.91 Å². The number of rotatable bonds is 4. The van der Waals surface area contributed by atoms with E-state index in [9.17, 15) is 9.18 Å². The minimum Gasteiger partial charge on any atom is -0.352 e. The van der Waals surface area contributed by atoms with Gasteiger partial charge in [0.15, 0.2) is 0 Å². The predicted molar refractivity (Wildman–Crippen MR) is 88.6 cm³/mol. The van der Waals surface area contributed by atoms with Crippen molar-refractivity contribution in [3.8, 4) is 0 Å². The summed E-state index contributed by atoms with van der Waals surface area (Å²) in [5.74, 6) is -0.00137. The smallest absolute Gasteiger partial charge is 0.254 e. The van der Waals surface area contributed by atoms with Crippen LogP contribution in [0.3, 0.4) is 0 Å². The zero-order valence-corrected chi connectivity index (χ0v) is 14.0. The molecule has 0 heterocycles. The molecule has 0 spiro atoms. The van der Waals surface area contributed by atoms with Crippen LogP contribution in [0, 0.1) is 11.7 Å². The summed E-state index contributed by atoms with van der Waals surface area (Å²) in [4.78, 5) is 12.1. The quantitative estimate of drug-likeness (QED) is 0.848. The molecule has 1 saturated carbocycles. The van der Waals surface area contributed by atoms with Crippen molar-refractivity contribution in [2.75, 3.05) is 6.54 Å². The molecule has 0 saturated heterocycles. The average molecular weight is 305 g/mol. The molecule has 1 aliphatic carbocycles. The zero-order valence-electron chi connectivity index (χ0n) is 14.0. The molecule has 1 fully saturated rings. The first-order valence-corrected chi connectivity index (χ1v) is 8.46. The third-order valence-corrected chi connectivity index (χ3v) is 4.64. The van der Waals surface area contributed by atoms with Gasteiger partial charge >= 0.3 is 0 Å². The molecule has 0 radical (unpaired) electrons. The molecule has 1 aromatic rings. The van der Waals surface area contributed by atoms with Crippen molar-refractivity contribution in [1.82, 2.24) is 5.32 Å². The van der Waals surface area contributed by atoms with Gasteiger partial charge in [0, 0.05) is 6.54 Å². The number of nitrogens with one attached hydrogen (secondary N) is 1. The summed E-state index contributed by atoms with van der Waals surface area (Å²) < 4.78 is 14.2. The van der Waals surface area contributed by atoms with Crippen LogP contribution in [-0.4, -0.2) is 12.5 Å². The number of halogens is 1. The van der Waals surface area contributed by atoms with Gasteiger partial charge in [0.05, 0.1) is 5.56 Å². The van der Waals surface area contributed by atoms with Crippen LogP contribution in [0.5, 0.6) is 0 Å². The summed E-state index contributed by atoms with van der Waals surface area (Å²) in [6, 6.07) is 4.93. The van der Waals surface area contributed by atoms with Crippen molar-refractivity contribution in [2.24, 2.45) is 5.92 Å². The summed E-state index contributed by atoms with van der Waals surface area (Å²) in [5.41, 5.74) is 0.942. The Labute approximate surface area is 133 Å². The van der Waals surface area contributed by atoms with Gasteiger partial charge in [0.25, 0.3) is 5.91 Å². The van der Waals surface area contributed by atoms with Gasteiger partial charge < -0.3 is 5.32 Å². The second kappa shape index (κ2) is 7.26. The molecule has 3 heteroatoms. The zero-order chi connectivity index (χ0) is 16.2. The number of carbonyl (C=O) groups excluding carboxylic acids is 1. The standard InChI is InChI=1S/C19H28FNO/c1-19(2,3)15-9-10-16(17(20)13-15)18(22)21-12-11-14-7-5-4-6-8-14/h9-10,13-14H,4-8,11-12H2,1-3H3,(H,21,22). The van der Waals surface area contributed by atoms with E-state index in [1.54, 1.807) is 6.07 Å². The van der Waals surface area contributed by atoms with Gasteiger partial charge in [-0.15, -0.1) is 0 Å². The third-order valence-electron chi connectivity index (χ3n) is 4.64. The number of benzene rings is 1. The molecule has 2 rings (SSSR count). The Morgan fingerprint density at radius 3 is 2.50 bits per heavy atom. The Bertz CT molecular complexity index is 513. The van der Waals surface area contributed by atoms with Crippen LogP contribution in [0.4, 0.5) is 4.39 Å². The molecule has 0 unspecified atom stereocenters. The summed E-state index contributed by atoms with van der Waals surface area (Å²) in [5, 5.41) is 2.87. The van der Waals surface area contributed by atoms with Crippen LogP contribution in [0.1, 0.15) is 75.2 Å².